The van der Waals surface area contributed by atoms with Crippen LogP contribution < -0.4 is 10.6 Å². The molecule has 1 aliphatic carbocycles. The SMILES string of the molecule is NC(=S)c1cc(N2CCN(C3CCCC3)CC2)ccn1. The summed E-state index contributed by atoms with van der Waals surface area (Å²) in [6.07, 6.45) is 7.40. The van der Waals surface area contributed by atoms with Crippen molar-refractivity contribution in [1.29, 1.82) is 0 Å². The second-order valence-corrected chi connectivity index (χ2v) is 6.16. The first-order valence-corrected chi connectivity index (χ1v) is 7.90. The van der Waals surface area contributed by atoms with Gasteiger partial charge in [0.1, 0.15) is 4.99 Å². The molecule has 0 bridgehead atoms. The number of hydrogen-bond donors (Lipinski definition) is 1. The average molecular weight is 290 g/mol. The molecule has 0 amide bonds. The predicted molar refractivity (Wildman–Crippen MR) is 86.2 cm³/mol. The Balaban J connectivity index is 1.62. The number of thiocarbonyl (C=S) groups is 1. The Labute approximate surface area is 126 Å². The van der Waals surface area contributed by atoms with Crippen molar-refractivity contribution in [2.45, 2.75) is 31.7 Å². The molecule has 2 aliphatic rings. The monoisotopic (exact) mass is 290 g/mol. The number of nitrogens with two attached hydrogens (primary N) is 1. The highest BCUT2D eigenvalue weighted by atomic mass is 32.1. The maximum absolute atomic E-state index is 5.66. The Morgan fingerprint density at radius 2 is 1.90 bits per heavy atom. The molecule has 0 radical (unpaired) electrons. The Morgan fingerprint density at radius 1 is 1.20 bits per heavy atom. The second-order valence-electron chi connectivity index (χ2n) is 5.72. The molecule has 1 aliphatic heterocycles. The van der Waals surface area contributed by atoms with Crippen molar-refractivity contribution in [2.75, 3.05) is 31.1 Å². The van der Waals surface area contributed by atoms with Gasteiger partial charge in [-0.2, -0.15) is 0 Å². The molecule has 0 spiro atoms. The molecule has 1 saturated carbocycles. The number of pyridine rings is 1. The highest BCUT2D eigenvalue weighted by Gasteiger charge is 2.26. The van der Waals surface area contributed by atoms with Gasteiger partial charge in [-0.1, -0.05) is 25.1 Å². The van der Waals surface area contributed by atoms with E-state index in [9.17, 15) is 0 Å². The standard InChI is InChI=1S/C15H22N4S/c16-15(20)14-11-13(5-6-17-14)19-9-7-18(8-10-19)12-3-1-2-4-12/h5-6,11-12H,1-4,7-10H2,(H2,16,20). The molecule has 2 heterocycles. The summed E-state index contributed by atoms with van der Waals surface area (Å²) in [5.74, 6) is 0. The van der Waals surface area contributed by atoms with Gasteiger partial charge in [-0.3, -0.25) is 9.88 Å². The fourth-order valence-corrected chi connectivity index (χ4v) is 3.48. The molecule has 1 aromatic heterocycles. The molecule has 1 aromatic rings. The molecule has 0 aromatic carbocycles. The van der Waals surface area contributed by atoms with E-state index in [0.29, 0.717) is 4.99 Å². The molecule has 3 rings (SSSR count). The van der Waals surface area contributed by atoms with E-state index >= 15 is 0 Å². The molecular weight excluding hydrogens is 268 g/mol. The van der Waals surface area contributed by atoms with Gasteiger partial charge in [0.05, 0.1) is 5.69 Å². The van der Waals surface area contributed by atoms with E-state index < -0.39 is 0 Å². The first kappa shape index (κ1) is 13.8. The summed E-state index contributed by atoms with van der Waals surface area (Å²) in [5, 5.41) is 0. The van der Waals surface area contributed by atoms with E-state index in [-0.39, 0.29) is 0 Å². The van der Waals surface area contributed by atoms with Gasteiger partial charge in [-0.25, -0.2) is 0 Å². The first-order valence-electron chi connectivity index (χ1n) is 7.49. The van der Waals surface area contributed by atoms with Gasteiger partial charge in [0.25, 0.3) is 0 Å². The summed E-state index contributed by atoms with van der Waals surface area (Å²) >= 11 is 5.00. The minimum atomic E-state index is 0.372. The van der Waals surface area contributed by atoms with E-state index in [2.05, 4.69) is 14.8 Å². The lowest BCUT2D eigenvalue weighted by Crippen LogP contribution is -2.49. The number of anilines is 1. The summed E-state index contributed by atoms with van der Waals surface area (Å²) in [6, 6.07) is 4.89. The van der Waals surface area contributed by atoms with Crippen LogP contribution in [-0.4, -0.2) is 47.1 Å². The zero-order chi connectivity index (χ0) is 13.9. The molecular formula is C15H22N4S. The maximum Gasteiger partial charge on any atom is 0.122 e. The third-order valence-electron chi connectivity index (χ3n) is 4.52. The predicted octanol–water partition coefficient (Wildman–Crippen LogP) is 1.78. The number of aromatic nitrogens is 1. The molecule has 2 N–H and O–H groups in total. The van der Waals surface area contributed by atoms with Crippen molar-refractivity contribution in [3.63, 3.8) is 0 Å². The van der Waals surface area contributed by atoms with Crippen LogP contribution in [-0.2, 0) is 0 Å². The molecule has 4 nitrogen and oxygen atoms in total. The zero-order valence-electron chi connectivity index (χ0n) is 11.8. The average Bonchev–Trinajstić information content (AvgIpc) is 3.02. The van der Waals surface area contributed by atoms with Crippen LogP contribution in [0.5, 0.6) is 0 Å². The lowest BCUT2D eigenvalue weighted by Gasteiger charge is -2.39. The van der Waals surface area contributed by atoms with Crippen molar-refractivity contribution in [3.05, 3.63) is 24.0 Å². The van der Waals surface area contributed by atoms with Gasteiger partial charge in [0.2, 0.25) is 0 Å². The fourth-order valence-electron chi connectivity index (χ4n) is 3.37. The van der Waals surface area contributed by atoms with E-state index in [1.54, 1.807) is 6.20 Å². The highest BCUT2D eigenvalue weighted by Crippen LogP contribution is 2.25. The lowest BCUT2D eigenvalue weighted by atomic mass is 10.1. The zero-order valence-corrected chi connectivity index (χ0v) is 12.6. The van der Waals surface area contributed by atoms with Crippen LogP contribution in [0.3, 0.4) is 0 Å². The number of rotatable bonds is 3. The highest BCUT2D eigenvalue weighted by molar-refractivity contribution is 7.80. The van der Waals surface area contributed by atoms with Crippen molar-refractivity contribution < 1.29 is 0 Å². The van der Waals surface area contributed by atoms with Crippen LogP contribution in [0.2, 0.25) is 0 Å². The van der Waals surface area contributed by atoms with Crippen molar-refractivity contribution in [3.8, 4) is 0 Å². The Hall–Kier alpha value is -1.20. The molecule has 1 saturated heterocycles. The third-order valence-corrected chi connectivity index (χ3v) is 4.73. The maximum atomic E-state index is 5.66. The fraction of sp³-hybridized carbons (Fsp3) is 0.600. The van der Waals surface area contributed by atoms with E-state index in [1.165, 1.54) is 31.4 Å². The minimum absolute atomic E-state index is 0.372. The summed E-state index contributed by atoms with van der Waals surface area (Å²) in [7, 11) is 0. The van der Waals surface area contributed by atoms with Crippen LogP contribution in [0.1, 0.15) is 31.4 Å². The van der Waals surface area contributed by atoms with Crippen molar-refractivity contribution in [1.82, 2.24) is 9.88 Å². The largest absolute Gasteiger partial charge is 0.388 e. The van der Waals surface area contributed by atoms with E-state index in [1.807, 2.05) is 12.1 Å². The molecule has 0 unspecified atom stereocenters. The van der Waals surface area contributed by atoms with Gasteiger partial charge in [-0.05, 0) is 25.0 Å². The second kappa shape index (κ2) is 6.06. The molecule has 20 heavy (non-hydrogen) atoms. The third kappa shape index (κ3) is 2.94. The van der Waals surface area contributed by atoms with Crippen LogP contribution in [0.15, 0.2) is 18.3 Å². The number of hydrogen-bond acceptors (Lipinski definition) is 4. The number of nitrogens with zero attached hydrogens (tertiary/aromatic N) is 3. The smallest absolute Gasteiger partial charge is 0.122 e. The van der Waals surface area contributed by atoms with Crippen molar-refractivity contribution in [2.24, 2.45) is 5.73 Å². The lowest BCUT2D eigenvalue weighted by molar-refractivity contribution is 0.187. The minimum Gasteiger partial charge on any atom is -0.388 e. The Kier molecular flexibility index (Phi) is 4.17. The van der Waals surface area contributed by atoms with Crippen LogP contribution >= 0.6 is 12.2 Å². The summed E-state index contributed by atoms with van der Waals surface area (Å²) in [6.45, 7) is 4.49. The van der Waals surface area contributed by atoms with Crippen molar-refractivity contribution >= 4 is 22.9 Å². The first-order chi connectivity index (χ1) is 9.74. The van der Waals surface area contributed by atoms with E-state index in [0.717, 1.165) is 37.9 Å². The van der Waals surface area contributed by atoms with Gasteiger partial charge in [0, 0.05) is 44.1 Å². The van der Waals surface area contributed by atoms with Crippen LogP contribution in [0, 0.1) is 0 Å². The Bertz CT molecular complexity index is 477. The van der Waals surface area contributed by atoms with Gasteiger partial charge < -0.3 is 10.6 Å². The summed E-state index contributed by atoms with van der Waals surface area (Å²) < 4.78 is 0. The van der Waals surface area contributed by atoms with E-state index in [4.69, 9.17) is 18.0 Å². The Morgan fingerprint density at radius 3 is 2.55 bits per heavy atom. The topological polar surface area (TPSA) is 45.4 Å². The van der Waals surface area contributed by atoms with Crippen LogP contribution in [0.4, 0.5) is 5.69 Å². The molecule has 108 valence electrons. The molecule has 5 heteroatoms. The quantitative estimate of drug-likeness (QED) is 0.860. The normalized spacial score (nSPS) is 21.3. The molecule has 0 atom stereocenters. The summed E-state index contributed by atoms with van der Waals surface area (Å²) in [5.41, 5.74) is 7.57. The van der Waals surface area contributed by atoms with Gasteiger partial charge in [0.15, 0.2) is 0 Å². The van der Waals surface area contributed by atoms with Gasteiger partial charge in [-0.15, -0.1) is 0 Å². The molecule has 2 fully saturated rings. The number of piperazine rings is 1. The van der Waals surface area contributed by atoms with Gasteiger partial charge >= 0.3 is 0 Å². The summed E-state index contributed by atoms with van der Waals surface area (Å²) in [4.78, 5) is 9.66. The van der Waals surface area contributed by atoms with Crippen LogP contribution in [0.25, 0.3) is 0 Å².